The summed E-state index contributed by atoms with van der Waals surface area (Å²) >= 11 is 0. The van der Waals surface area contributed by atoms with Gasteiger partial charge in [-0.3, -0.25) is 0 Å². The molecule has 2 rings (SSSR count). The van der Waals surface area contributed by atoms with E-state index in [2.05, 4.69) is 4.98 Å². The number of rotatable bonds is 2. The molecule has 0 radical (unpaired) electrons. The monoisotopic (exact) mass is 286 g/mol. The van der Waals surface area contributed by atoms with Crippen LogP contribution in [-0.4, -0.2) is 12.1 Å². The fourth-order valence-electron chi connectivity index (χ4n) is 1.76. The van der Waals surface area contributed by atoms with E-state index in [0.717, 1.165) is 12.3 Å². The van der Waals surface area contributed by atoms with Crippen LogP contribution in [0.4, 0.5) is 23.4 Å². The Bertz CT molecular complexity index is 641. The summed E-state index contributed by atoms with van der Waals surface area (Å²) in [4.78, 5) is 3.59. The minimum absolute atomic E-state index is 0.211. The number of ether oxygens (including phenoxy) is 1. The van der Waals surface area contributed by atoms with Crippen molar-refractivity contribution in [1.29, 1.82) is 0 Å². The molecule has 2 aromatic rings. The van der Waals surface area contributed by atoms with Crippen LogP contribution in [0, 0.1) is 5.82 Å². The second-order valence-electron chi connectivity index (χ2n) is 4.00. The molecule has 1 heterocycles. The zero-order chi connectivity index (χ0) is 14.9. The number of hydrogen-bond donors (Lipinski definition) is 1. The third-order valence-electron chi connectivity index (χ3n) is 2.70. The van der Waals surface area contributed by atoms with Crippen molar-refractivity contribution in [1.82, 2.24) is 4.98 Å². The van der Waals surface area contributed by atoms with Crippen molar-refractivity contribution in [3.05, 3.63) is 41.8 Å². The van der Waals surface area contributed by atoms with Gasteiger partial charge in [0.1, 0.15) is 17.4 Å². The van der Waals surface area contributed by atoms with Crippen LogP contribution >= 0.6 is 0 Å². The van der Waals surface area contributed by atoms with Gasteiger partial charge < -0.3 is 10.5 Å². The van der Waals surface area contributed by atoms with Gasteiger partial charge >= 0.3 is 6.18 Å². The summed E-state index contributed by atoms with van der Waals surface area (Å²) in [6.45, 7) is 0. The van der Waals surface area contributed by atoms with Gasteiger partial charge in [0.25, 0.3) is 0 Å². The van der Waals surface area contributed by atoms with Crippen LogP contribution in [-0.2, 0) is 6.18 Å². The molecule has 0 atom stereocenters. The molecule has 0 saturated carbocycles. The molecule has 0 aliphatic carbocycles. The molecule has 7 heteroatoms. The molecule has 3 nitrogen and oxygen atoms in total. The summed E-state index contributed by atoms with van der Waals surface area (Å²) < 4.78 is 57.6. The number of aromatic nitrogens is 1. The van der Waals surface area contributed by atoms with Crippen molar-refractivity contribution in [2.75, 3.05) is 12.8 Å². The Labute approximate surface area is 112 Å². The largest absolute Gasteiger partial charge is 0.497 e. The second kappa shape index (κ2) is 4.99. The number of nitrogens with zero attached hydrogens (tertiary/aromatic N) is 1. The fourth-order valence-corrected chi connectivity index (χ4v) is 1.76. The predicted molar refractivity (Wildman–Crippen MR) is 65.6 cm³/mol. The van der Waals surface area contributed by atoms with Crippen molar-refractivity contribution in [3.63, 3.8) is 0 Å². The molecule has 2 N–H and O–H groups in total. The van der Waals surface area contributed by atoms with Crippen molar-refractivity contribution >= 4 is 5.82 Å². The molecule has 1 aromatic heterocycles. The molecule has 0 unspecified atom stereocenters. The van der Waals surface area contributed by atoms with Crippen molar-refractivity contribution in [2.24, 2.45) is 0 Å². The van der Waals surface area contributed by atoms with E-state index < -0.39 is 17.6 Å². The average Bonchev–Trinajstić information content (AvgIpc) is 2.38. The Morgan fingerprint density at radius 3 is 2.40 bits per heavy atom. The van der Waals surface area contributed by atoms with E-state index in [9.17, 15) is 17.6 Å². The molecule has 0 bridgehead atoms. The topological polar surface area (TPSA) is 48.1 Å². The molecule has 0 aliphatic heterocycles. The minimum Gasteiger partial charge on any atom is -0.497 e. The third kappa shape index (κ3) is 2.66. The first-order valence-electron chi connectivity index (χ1n) is 5.49. The Kier molecular flexibility index (Phi) is 3.52. The predicted octanol–water partition coefficient (Wildman–Crippen LogP) is 3.50. The lowest BCUT2D eigenvalue weighted by atomic mass is 10.0. The standard InChI is InChI=1S/C13H10F4N2O/c1-20-7-2-3-8(11(14)4-7)9-6-19-12(18)5-10(9)13(15,16)17/h2-6H,1H3,(H2,18,19). The zero-order valence-corrected chi connectivity index (χ0v) is 10.3. The minimum atomic E-state index is -4.65. The van der Waals surface area contributed by atoms with Crippen LogP contribution in [0.1, 0.15) is 5.56 Å². The van der Waals surface area contributed by atoms with Gasteiger partial charge in [-0.05, 0) is 18.2 Å². The maximum absolute atomic E-state index is 13.9. The Hall–Kier alpha value is -2.31. The number of benzene rings is 1. The highest BCUT2D eigenvalue weighted by molar-refractivity contribution is 5.69. The average molecular weight is 286 g/mol. The van der Waals surface area contributed by atoms with Crippen LogP contribution in [0.5, 0.6) is 5.75 Å². The molecular formula is C13H10F4N2O. The summed E-state index contributed by atoms with van der Waals surface area (Å²) in [6.07, 6.45) is -3.75. The van der Waals surface area contributed by atoms with E-state index >= 15 is 0 Å². The van der Waals surface area contributed by atoms with Gasteiger partial charge in [-0.15, -0.1) is 0 Å². The SMILES string of the molecule is COc1ccc(-c2cnc(N)cc2C(F)(F)F)c(F)c1. The number of halogens is 4. The van der Waals surface area contributed by atoms with Crippen molar-refractivity contribution in [2.45, 2.75) is 6.18 Å². The van der Waals surface area contributed by atoms with Crippen LogP contribution in [0.2, 0.25) is 0 Å². The van der Waals surface area contributed by atoms with Gasteiger partial charge in [-0.1, -0.05) is 0 Å². The first kappa shape index (κ1) is 14.1. The maximum atomic E-state index is 13.9. The lowest BCUT2D eigenvalue weighted by molar-refractivity contribution is -0.137. The normalized spacial score (nSPS) is 11.4. The first-order valence-corrected chi connectivity index (χ1v) is 5.49. The number of pyridine rings is 1. The third-order valence-corrected chi connectivity index (χ3v) is 2.70. The number of nitrogens with two attached hydrogens (primary N) is 1. The summed E-state index contributed by atoms with van der Waals surface area (Å²) in [5, 5.41) is 0. The summed E-state index contributed by atoms with van der Waals surface area (Å²) in [5.74, 6) is -0.903. The Morgan fingerprint density at radius 1 is 1.15 bits per heavy atom. The van der Waals surface area contributed by atoms with E-state index in [0.29, 0.717) is 6.07 Å². The van der Waals surface area contributed by atoms with Gasteiger partial charge in [0.2, 0.25) is 0 Å². The second-order valence-corrected chi connectivity index (χ2v) is 4.00. The maximum Gasteiger partial charge on any atom is 0.417 e. The number of nitrogen functional groups attached to an aromatic ring is 1. The number of hydrogen-bond acceptors (Lipinski definition) is 3. The molecule has 0 aliphatic rings. The summed E-state index contributed by atoms with van der Waals surface area (Å²) in [5.41, 5.74) is 3.64. The number of alkyl halides is 3. The molecule has 0 fully saturated rings. The van der Waals surface area contributed by atoms with Gasteiger partial charge in [0, 0.05) is 23.4 Å². The van der Waals surface area contributed by atoms with Crippen LogP contribution < -0.4 is 10.5 Å². The number of methoxy groups -OCH3 is 1. The van der Waals surface area contributed by atoms with Crippen molar-refractivity contribution < 1.29 is 22.3 Å². The van der Waals surface area contributed by atoms with E-state index in [4.69, 9.17) is 10.5 Å². The first-order chi connectivity index (χ1) is 9.32. The molecule has 0 saturated heterocycles. The van der Waals surface area contributed by atoms with E-state index in [1.807, 2.05) is 0 Å². The summed E-state index contributed by atoms with van der Waals surface area (Å²) in [7, 11) is 1.33. The fraction of sp³-hybridized carbons (Fsp3) is 0.154. The molecule has 0 spiro atoms. The molecular weight excluding hydrogens is 276 g/mol. The van der Waals surface area contributed by atoms with Crippen molar-refractivity contribution in [3.8, 4) is 16.9 Å². The Balaban J connectivity index is 2.64. The van der Waals surface area contributed by atoms with Crippen LogP contribution in [0.3, 0.4) is 0 Å². The smallest absolute Gasteiger partial charge is 0.417 e. The highest BCUT2D eigenvalue weighted by atomic mass is 19.4. The van der Waals surface area contributed by atoms with Gasteiger partial charge in [0.05, 0.1) is 12.7 Å². The quantitative estimate of drug-likeness (QED) is 0.860. The number of anilines is 1. The van der Waals surface area contributed by atoms with E-state index in [-0.39, 0.29) is 22.7 Å². The molecule has 1 aromatic carbocycles. The highest BCUT2D eigenvalue weighted by Gasteiger charge is 2.34. The van der Waals surface area contributed by atoms with Gasteiger partial charge in [-0.25, -0.2) is 9.37 Å². The zero-order valence-electron chi connectivity index (χ0n) is 10.3. The Morgan fingerprint density at radius 2 is 1.85 bits per heavy atom. The summed E-state index contributed by atoms with van der Waals surface area (Å²) in [6, 6.07) is 4.26. The van der Waals surface area contributed by atoms with Gasteiger partial charge in [-0.2, -0.15) is 13.2 Å². The van der Waals surface area contributed by atoms with E-state index in [1.165, 1.54) is 19.2 Å². The highest BCUT2D eigenvalue weighted by Crippen LogP contribution is 2.38. The molecule has 106 valence electrons. The molecule has 0 amide bonds. The lowest BCUT2D eigenvalue weighted by Gasteiger charge is -2.14. The lowest BCUT2D eigenvalue weighted by Crippen LogP contribution is -2.09. The molecule has 20 heavy (non-hydrogen) atoms. The van der Waals surface area contributed by atoms with Gasteiger partial charge in [0.15, 0.2) is 0 Å². The van der Waals surface area contributed by atoms with Crippen LogP contribution in [0.25, 0.3) is 11.1 Å². The van der Waals surface area contributed by atoms with Crippen LogP contribution in [0.15, 0.2) is 30.5 Å². The van der Waals surface area contributed by atoms with E-state index in [1.54, 1.807) is 0 Å².